The Labute approximate surface area is 63.8 Å². The monoisotopic (exact) mass is 157 g/mol. The number of nitrogens with zero attached hydrogens (tertiary/aromatic N) is 1. The summed E-state index contributed by atoms with van der Waals surface area (Å²) in [6, 6.07) is -0.678. The normalized spacial score (nSPS) is 30.5. The van der Waals surface area contributed by atoms with Gasteiger partial charge in [-0.1, -0.05) is 0 Å². The van der Waals surface area contributed by atoms with Crippen LogP contribution in [0.2, 0.25) is 0 Å². The highest BCUT2D eigenvalue weighted by atomic mass is 16.3. The van der Waals surface area contributed by atoms with E-state index in [0.717, 1.165) is 4.90 Å². The van der Waals surface area contributed by atoms with Crippen molar-refractivity contribution in [2.75, 3.05) is 6.54 Å². The van der Waals surface area contributed by atoms with Crippen molar-refractivity contribution in [2.45, 2.75) is 18.6 Å². The predicted octanol–water partition coefficient (Wildman–Crippen LogP) is -2.03. The maximum atomic E-state index is 10.6. The molecule has 2 unspecified atom stereocenters. The van der Waals surface area contributed by atoms with Crippen LogP contribution in [-0.4, -0.2) is 41.0 Å². The van der Waals surface area contributed by atoms with Crippen LogP contribution in [-0.2, 0) is 9.59 Å². The van der Waals surface area contributed by atoms with E-state index in [2.05, 4.69) is 0 Å². The first-order chi connectivity index (χ1) is 5.15. The first-order valence-electron chi connectivity index (χ1n) is 3.27. The van der Waals surface area contributed by atoms with Crippen molar-refractivity contribution in [3.05, 3.63) is 0 Å². The van der Waals surface area contributed by atoms with E-state index in [9.17, 15) is 9.59 Å². The quantitative estimate of drug-likeness (QED) is 0.485. The van der Waals surface area contributed by atoms with Gasteiger partial charge in [0.1, 0.15) is 6.04 Å². The highest BCUT2D eigenvalue weighted by Gasteiger charge is 2.34. The number of primary amides is 1. The maximum absolute atomic E-state index is 10.6. The summed E-state index contributed by atoms with van der Waals surface area (Å²) < 4.78 is 0. The van der Waals surface area contributed by atoms with Gasteiger partial charge in [0.15, 0.2) is 0 Å². The third-order valence-electron chi connectivity index (χ3n) is 1.72. The van der Waals surface area contributed by atoms with Gasteiger partial charge in [-0.3, -0.25) is 9.59 Å². The van der Waals surface area contributed by atoms with Crippen LogP contribution in [0.25, 0.3) is 0 Å². The summed E-state index contributed by atoms with van der Waals surface area (Å²) in [5.41, 5.74) is 4.96. The van der Waals surface area contributed by atoms with Gasteiger partial charge in [-0.25, -0.2) is 0 Å². The molecule has 0 aliphatic carbocycles. The maximum Gasteiger partial charge on any atom is 0.312 e. The minimum Gasteiger partial charge on any atom is -0.391 e. The number of β-amino-alcohol motifs (C(OH)–C–C–N with tert-alkyl or cyclic N) is 1. The van der Waals surface area contributed by atoms with E-state index in [-0.39, 0.29) is 13.0 Å². The summed E-state index contributed by atoms with van der Waals surface area (Å²) in [6.45, 7) is 0.150. The van der Waals surface area contributed by atoms with Crippen LogP contribution in [0.5, 0.6) is 0 Å². The van der Waals surface area contributed by atoms with E-state index in [0.29, 0.717) is 0 Å². The first-order valence-corrected chi connectivity index (χ1v) is 3.27. The number of rotatable bonds is 2. The molecule has 61 valence electrons. The van der Waals surface area contributed by atoms with Crippen LogP contribution in [0.3, 0.4) is 0 Å². The lowest BCUT2D eigenvalue weighted by molar-refractivity contribution is -0.121. The van der Waals surface area contributed by atoms with Gasteiger partial charge in [0.2, 0.25) is 5.91 Å². The van der Waals surface area contributed by atoms with E-state index in [1.807, 2.05) is 0 Å². The number of hydrogen-bond acceptors (Lipinski definition) is 3. The molecule has 0 aromatic rings. The highest BCUT2D eigenvalue weighted by Crippen LogP contribution is 2.14. The Hall–Kier alpha value is -1.10. The van der Waals surface area contributed by atoms with Crippen LogP contribution in [0.1, 0.15) is 6.42 Å². The summed E-state index contributed by atoms with van der Waals surface area (Å²) in [4.78, 5) is 21.8. The average molecular weight is 157 g/mol. The minimum absolute atomic E-state index is 0.150. The summed E-state index contributed by atoms with van der Waals surface area (Å²) in [6.07, 6.45) is 1.13. The Kier molecular flexibility index (Phi) is 2.09. The largest absolute Gasteiger partial charge is 0.391 e. The molecule has 0 spiro atoms. The lowest BCUT2D eigenvalue weighted by Crippen LogP contribution is -2.39. The van der Waals surface area contributed by atoms with Gasteiger partial charge in [0.05, 0.1) is 6.10 Å². The summed E-state index contributed by atoms with van der Waals surface area (Å²) >= 11 is 0. The van der Waals surface area contributed by atoms with E-state index in [1.165, 1.54) is 0 Å². The van der Waals surface area contributed by atoms with Gasteiger partial charge in [0.25, 0.3) is 0 Å². The predicted molar refractivity (Wildman–Crippen MR) is 36.0 cm³/mol. The molecule has 2 atom stereocenters. The van der Waals surface area contributed by atoms with E-state index in [1.54, 1.807) is 6.41 Å². The Morgan fingerprint density at radius 1 is 1.73 bits per heavy atom. The molecule has 5 nitrogen and oxygen atoms in total. The van der Waals surface area contributed by atoms with Crippen LogP contribution in [0, 0.1) is 0 Å². The van der Waals surface area contributed by atoms with Crippen LogP contribution in [0.15, 0.2) is 0 Å². The van der Waals surface area contributed by atoms with Crippen molar-refractivity contribution in [2.24, 2.45) is 5.73 Å². The van der Waals surface area contributed by atoms with Gasteiger partial charge in [-0.15, -0.1) is 0 Å². The molecule has 1 rings (SSSR count). The zero-order valence-electron chi connectivity index (χ0n) is 5.86. The minimum atomic E-state index is -0.678. The number of aliphatic hydroxyl groups excluding tert-OH is 1. The Balaban J connectivity index is 2.64. The van der Waals surface area contributed by atoms with Crippen LogP contribution < -0.4 is 5.73 Å². The zero-order valence-corrected chi connectivity index (χ0v) is 5.86. The molecule has 1 aliphatic rings. The first kappa shape index (κ1) is 8.00. The number of nitrogens with two attached hydrogens (primary N) is 1. The molecule has 1 radical (unpaired) electrons. The van der Waals surface area contributed by atoms with Gasteiger partial charge in [-0.05, 0) is 0 Å². The van der Waals surface area contributed by atoms with Crippen molar-refractivity contribution >= 4 is 12.3 Å². The van der Waals surface area contributed by atoms with Crippen LogP contribution in [0.4, 0.5) is 0 Å². The summed E-state index contributed by atoms with van der Waals surface area (Å²) in [5.74, 6) is -0.593. The molecule has 5 heteroatoms. The Morgan fingerprint density at radius 3 is 2.73 bits per heavy atom. The Bertz CT molecular complexity index is 183. The SMILES string of the molecule is NC(=O)C1CC(O)CN1[C]=O. The van der Waals surface area contributed by atoms with Gasteiger partial charge >= 0.3 is 6.41 Å². The highest BCUT2D eigenvalue weighted by molar-refractivity contribution is 5.82. The standard InChI is InChI=1S/C6H9N2O3/c7-6(11)5-1-4(10)2-8(5)3-9/h4-5,10H,1-2H2,(H2,7,11). The molecule has 2 amide bonds. The van der Waals surface area contributed by atoms with Crippen molar-refractivity contribution in [3.8, 4) is 0 Å². The second-order valence-corrected chi connectivity index (χ2v) is 2.55. The van der Waals surface area contributed by atoms with Crippen molar-refractivity contribution in [1.82, 2.24) is 4.90 Å². The van der Waals surface area contributed by atoms with E-state index >= 15 is 0 Å². The van der Waals surface area contributed by atoms with Crippen molar-refractivity contribution in [3.63, 3.8) is 0 Å². The fraction of sp³-hybridized carbons (Fsp3) is 0.667. The molecule has 0 saturated carbocycles. The van der Waals surface area contributed by atoms with Gasteiger partial charge in [-0.2, -0.15) is 0 Å². The zero-order chi connectivity index (χ0) is 8.43. The fourth-order valence-electron chi connectivity index (χ4n) is 1.18. The Morgan fingerprint density at radius 2 is 2.36 bits per heavy atom. The molecule has 1 aliphatic heterocycles. The molecule has 0 aromatic heterocycles. The lowest BCUT2D eigenvalue weighted by Gasteiger charge is -2.13. The average Bonchev–Trinajstić information content (AvgIpc) is 2.30. The molecular weight excluding hydrogens is 148 g/mol. The number of amides is 2. The third-order valence-corrected chi connectivity index (χ3v) is 1.72. The van der Waals surface area contributed by atoms with E-state index in [4.69, 9.17) is 10.8 Å². The van der Waals surface area contributed by atoms with E-state index < -0.39 is 18.1 Å². The number of hydrogen-bond donors (Lipinski definition) is 2. The molecule has 1 heterocycles. The van der Waals surface area contributed by atoms with Crippen molar-refractivity contribution in [1.29, 1.82) is 0 Å². The topological polar surface area (TPSA) is 83.6 Å². The lowest BCUT2D eigenvalue weighted by atomic mass is 10.2. The second-order valence-electron chi connectivity index (χ2n) is 2.55. The number of aliphatic hydroxyl groups is 1. The number of likely N-dealkylation sites (tertiary alicyclic amines) is 1. The van der Waals surface area contributed by atoms with Crippen LogP contribution >= 0.6 is 0 Å². The number of carbonyl (C=O) groups excluding carboxylic acids is 2. The van der Waals surface area contributed by atoms with Gasteiger partial charge < -0.3 is 15.7 Å². The molecule has 1 saturated heterocycles. The second kappa shape index (κ2) is 2.87. The smallest absolute Gasteiger partial charge is 0.312 e. The third kappa shape index (κ3) is 1.48. The fourth-order valence-corrected chi connectivity index (χ4v) is 1.18. The molecule has 3 N–H and O–H groups in total. The molecule has 0 bridgehead atoms. The van der Waals surface area contributed by atoms with Gasteiger partial charge in [0, 0.05) is 13.0 Å². The molecule has 0 aromatic carbocycles. The molecule has 1 fully saturated rings. The van der Waals surface area contributed by atoms with Crippen molar-refractivity contribution < 1.29 is 14.7 Å². The summed E-state index contributed by atoms with van der Waals surface area (Å²) in [7, 11) is 0. The summed E-state index contributed by atoms with van der Waals surface area (Å²) in [5, 5.41) is 9.02. The molecular formula is C6H9N2O3. The number of carbonyl (C=O) groups is 1. The molecule has 11 heavy (non-hydrogen) atoms.